The largest absolute Gasteiger partial charge is 0.481 e. The minimum Gasteiger partial charge on any atom is -0.481 e. The summed E-state index contributed by atoms with van der Waals surface area (Å²) in [5, 5.41) is 8.95. The molecule has 88 valence electrons. The molecule has 0 bridgehead atoms. The van der Waals surface area contributed by atoms with Crippen LogP contribution in [0, 0.1) is 5.41 Å². The lowest BCUT2D eigenvalue weighted by molar-refractivity contribution is -0.697. The van der Waals surface area contributed by atoms with Crippen molar-refractivity contribution in [2.45, 2.75) is 39.7 Å². The summed E-state index contributed by atoms with van der Waals surface area (Å²) in [4.78, 5) is 10.9. The van der Waals surface area contributed by atoms with E-state index in [4.69, 9.17) is 5.11 Å². The van der Waals surface area contributed by atoms with E-state index < -0.39 is 11.4 Å². The predicted molar refractivity (Wildman–Crippen MR) is 61.9 cm³/mol. The maximum absolute atomic E-state index is 10.9. The van der Waals surface area contributed by atoms with Gasteiger partial charge in [0, 0.05) is 18.6 Å². The Hall–Kier alpha value is -1.38. The summed E-state index contributed by atoms with van der Waals surface area (Å²) in [6.45, 7) is 4.52. The van der Waals surface area contributed by atoms with Crippen LogP contribution in [0.5, 0.6) is 0 Å². The van der Waals surface area contributed by atoms with E-state index in [1.165, 1.54) is 0 Å². The number of carboxylic acid groups (broad SMARTS) is 1. The molecule has 1 N–H and O–H groups in total. The maximum Gasteiger partial charge on any atom is 0.309 e. The first kappa shape index (κ1) is 12.7. The average Bonchev–Trinajstić information content (AvgIpc) is 2.26. The number of pyridine rings is 1. The highest BCUT2D eigenvalue weighted by molar-refractivity contribution is 5.73. The molecule has 3 heteroatoms. The van der Waals surface area contributed by atoms with Gasteiger partial charge in [-0.25, -0.2) is 4.57 Å². The molecule has 0 radical (unpaired) electrons. The number of aliphatic carboxylic acids is 1. The molecule has 0 aromatic carbocycles. The van der Waals surface area contributed by atoms with Gasteiger partial charge in [-0.05, 0) is 26.7 Å². The van der Waals surface area contributed by atoms with Gasteiger partial charge in [0.15, 0.2) is 12.4 Å². The number of carboxylic acids is 1. The average molecular weight is 222 g/mol. The summed E-state index contributed by atoms with van der Waals surface area (Å²) in [5.74, 6) is -0.708. The van der Waals surface area contributed by atoms with Crippen molar-refractivity contribution < 1.29 is 14.5 Å². The first-order valence-corrected chi connectivity index (χ1v) is 5.70. The second kappa shape index (κ2) is 5.64. The molecule has 0 aliphatic carbocycles. The van der Waals surface area contributed by atoms with Crippen LogP contribution in [0.3, 0.4) is 0 Å². The third kappa shape index (κ3) is 4.01. The van der Waals surface area contributed by atoms with Gasteiger partial charge in [-0.2, -0.15) is 0 Å². The maximum atomic E-state index is 10.9. The Morgan fingerprint density at radius 1 is 1.19 bits per heavy atom. The summed E-state index contributed by atoms with van der Waals surface area (Å²) in [6.07, 6.45) is 6.76. The van der Waals surface area contributed by atoms with Gasteiger partial charge in [0.1, 0.15) is 6.54 Å². The molecule has 1 aromatic heterocycles. The van der Waals surface area contributed by atoms with Crippen molar-refractivity contribution >= 4 is 5.97 Å². The Labute approximate surface area is 96.7 Å². The van der Waals surface area contributed by atoms with Gasteiger partial charge in [0.05, 0.1) is 5.41 Å². The van der Waals surface area contributed by atoms with Crippen LogP contribution < -0.4 is 4.57 Å². The van der Waals surface area contributed by atoms with Crippen LogP contribution in [0.1, 0.15) is 33.1 Å². The SMILES string of the molecule is CC(C)(CCCC[n+]1ccccc1)C(=O)O. The monoisotopic (exact) mass is 222 g/mol. The van der Waals surface area contributed by atoms with E-state index >= 15 is 0 Å². The van der Waals surface area contributed by atoms with Crippen molar-refractivity contribution in [3.63, 3.8) is 0 Å². The summed E-state index contributed by atoms with van der Waals surface area (Å²) in [5.41, 5.74) is -0.596. The standard InChI is InChI=1S/C13H19NO2/c1-13(2,12(15)16)8-4-7-11-14-9-5-3-6-10-14/h3,5-6,9-10H,4,7-8,11H2,1-2H3/p+1. The van der Waals surface area contributed by atoms with Crippen LogP contribution in [0.2, 0.25) is 0 Å². The highest BCUT2D eigenvalue weighted by Crippen LogP contribution is 2.23. The molecular weight excluding hydrogens is 202 g/mol. The number of aryl methyl sites for hydroxylation is 1. The fourth-order valence-corrected chi connectivity index (χ4v) is 1.55. The van der Waals surface area contributed by atoms with E-state index in [1.807, 2.05) is 30.6 Å². The molecule has 0 aliphatic rings. The summed E-state index contributed by atoms with van der Waals surface area (Å²) in [6, 6.07) is 5.99. The number of aromatic nitrogens is 1. The second-order valence-electron chi connectivity index (χ2n) is 4.76. The number of hydrogen-bond acceptors (Lipinski definition) is 1. The molecule has 0 unspecified atom stereocenters. The van der Waals surface area contributed by atoms with E-state index in [1.54, 1.807) is 13.8 Å². The van der Waals surface area contributed by atoms with Gasteiger partial charge in [0.2, 0.25) is 0 Å². The van der Waals surface area contributed by atoms with Gasteiger partial charge in [-0.1, -0.05) is 6.07 Å². The molecule has 1 heterocycles. The molecule has 3 nitrogen and oxygen atoms in total. The minimum absolute atomic E-state index is 0.596. The quantitative estimate of drug-likeness (QED) is 0.592. The molecule has 1 rings (SSSR count). The first-order chi connectivity index (χ1) is 7.52. The lowest BCUT2D eigenvalue weighted by Crippen LogP contribution is -2.32. The topological polar surface area (TPSA) is 41.2 Å². The van der Waals surface area contributed by atoms with Crippen molar-refractivity contribution in [3.8, 4) is 0 Å². The third-order valence-electron chi connectivity index (χ3n) is 2.82. The smallest absolute Gasteiger partial charge is 0.309 e. The molecular formula is C13H20NO2+. The third-order valence-corrected chi connectivity index (χ3v) is 2.82. The van der Waals surface area contributed by atoms with Crippen LogP contribution in [0.4, 0.5) is 0 Å². The van der Waals surface area contributed by atoms with Crippen molar-refractivity contribution in [1.82, 2.24) is 0 Å². The van der Waals surface area contributed by atoms with E-state index in [-0.39, 0.29) is 0 Å². The zero-order valence-electron chi connectivity index (χ0n) is 10.0. The Morgan fingerprint density at radius 3 is 2.38 bits per heavy atom. The van der Waals surface area contributed by atoms with Crippen molar-refractivity contribution in [2.75, 3.05) is 0 Å². The lowest BCUT2D eigenvalue weighted by atomic mass is 9.87. The predicted octanol–water partition coefficient (Wildman–Crippen LogP) is 2.26. The van der Waals surface area contributed by atoms with Gasteiger partial charge in [-0.15, -0.1) is 0 Å². The molecule has 0 aliphatic heterocycles. The molecule has 16 heavy (non-hydrogen) atoms. The Bertz CT molecular complexity index is 333. The Morgan fingerprint density at radius 2 is 1.81 bits per heavy atom. The van der Waals surface area contributed by atoms with E-state index in [0.717, 1.165) is 25.8 Å². The summed E-state index contributed by atoms with van der Waals surface area (Å²) >= 11 is 0. The summed E-state index contributed by atoms with van der Waals surface area (Å²) in [7, 11) is 0. The number of nitrogens with zero attached hydrogens (tertiary/aromatic N) is 1. The zero-order chi connectivity index (χ0) is 12.0. The number of rotatable bonds is 6. The fourth-order valence-electron chi connectivity index (χ4n) is 1.55. The van der Waals surface area contributed by atoms with Gasteiger partial charge in [-0.3, -0.25) is 4.79 Å². The number of hydrogen-bond donors (Lipinski definition) is 1. The second-order valence-corrected chi connectivity index (χ2v) is 4.76. The van der Waals surface area contributed by atoms with Crippen molar-refractivity contribution in [3.05, 3.63) is 30.6 Å². The Balaban J connectivity index is 2.25. The van der Waals surface area contributed by atoms with Crippen LogP contribution in [-0.4, -0.2) is 11.1 Å². The normalized spacial score (nSPS) is 11.4. The van der Waals surface area contributed by atoms with Crippen LogP contribution >= 0.6 is 0 Å². The highest BCUT2D eigenvalue weighted by Gasteiger charge is 2.26. The molecule has 0 spiro atoms. The summed E-state index contributed by atoms with van der Waals surface area (Å²) < 4.78 is 2.12. The molecule has 0 amide bonds. The molecule has 0 fully saturated rings. The van der Waals surface area contributed by atoms with E-state index in [9.17, 15) is 4.79 Å². The fraction of sp³-hybridized carbons (Fsp3) is 0.538. The van der Waals surface area contributed by atoms with Crippen LogP contribution in [-0.2, 0) is 11.3 Å². The van der Waals surface area contributed by atoms with Gasteiger partial charge in [0.25, 0.3) is 0 Å². The molecule has 1 aromatic rings. The van der Waals surface area contributed by atoms with E-state index in [2.05, 4.69) is 4.57 Å². The highest BCUT2D eigenvalue weighted by atomic mass is 16.4. The molecule has 0 saturated heterocycles. The van der Waals surface area contributed by atoms with Crippen molar-refractivity contribution in [2.24, 2.45) is 5.41 Å². The Kier molecular flexibility index (Phi) is 4.47. The number of carbonyl (C=O) groups is 1. The van der Waals surface area contributed by atoms with Crippen LogP contribution in [0.25, 0.3) is 0 Å². The van der Waals surface area contributed by atoms with Crippen molar-refractivity contribution in [1.29, 1.82) is 0 Å². The van der Waals surface area contributed by atoms with E-state index in [0.29, 0.717) is 0 Å². The first-order valence-electron chi connectivity index (χ1n) is 5.70. The van der Waals surface area contributed by atoms with Crippen LogP contribution in [0.15, 0.2) is 30.6 Å². The molecule has 0 atom stereocenters. The van der Waals surface area contributed by atoms with Gasteiger partial charge < -0.3 is 5.11 Å². The van der Waals surface area contributed by atoms with Gasteiger partial charge >= 0.3 is 5.97 Å². The molecule has 0 saturated carbocycles. The number of unbranched alkanes of at least 4 members (excludes halogenated alkanes) is 1. The zero-order valence-corrected chi connectivity index (χ0v) is 10.0. The minimum atomic E-state index is -0.708. The lowest BCUT2D eigenvalue weighted by Gasteiger charge is -2.17.